The van der Waals surface area contributed by atoms with Gasteiger partial charge in [0.05, 0.1) is 31.9 Å². The molecule has 0 saturated heterocycles. The molecule has 0 aromatic heterocycles. The maximum atomic E-state index is 12.4. The van der Waals surface area contributed by atoms with E-state index < -0.39 is 17.9 Å². The lowest BCUT2D eigenvalue weighted by Gasteiger charge is -2.15. The van der Waals surface area contributed by atoms with Crippen molar-refractivity contribution in [1.82, 2.24) is 10.6 Å². The minimum Gasteiger partial charge on any atom is -0.493 e. The van der Waals surface area contributed by atoms with Crippen LogP contribution in [0.1, 0.15) is 22.3 Å². The standard InChI is InChI=1S/C20H21N3O5/c1-27-16-8-7-12(9-17(16)28-2)11-21-18(24)10-15-20(26)22-14-6-4-3-5-13(14)19(25)23-15/h3-9,15H,10-11H2,1-2H3,(H,21,24)(H,22,26)(H,23,25)/t15-/m1/s1. The van der Waals surface area contributed by atoms with E-state index in [1.165, 1.54) is 7.11 Å². The molecule has 0 bridgehead atoms. The highest BCUT2D eigenvalue weighted by Crippen LogP contribution is 2.27. The van der Waals surface area contributed by atoms with Gasteiger partial charge in [0.2, 0.25) is 11.8 Å². The van der Waals surface area contributed by atoms with Gasteiger partial charge < -0.3 is 25.4 Å². The highest BCUT2D eigenvalue weighted by Gasteiger charge is 2.29. The Labute approximate surface area is 162 Å². The van der Waals surface area contributed by atoms with E-state index in [1.54, 1.807) is 49.6 Å². The van der Waals surface area contributed by atoms with Crippen LogP contribution in [0.15, 0.2) is 42.5 Å². The normalized spacial score (nSPS) is 15.6. The van der Waals surface area contributed by atoms with E-state index in [4.69, 9.17) is 9.47 Å². The van der Waals surface area contributed by atoms with Crippen LogP contribution in [-0.2, 0) is 16.1 Å². The number of amides is 3. The molecule has 1 heterocycles. The molecule has 8 nitrogen and oxygen atoms in total. The van der Waals surface area contributed by atoms with Crippen LogP contribution in [0.5, 0.6) is 11.5 Å². The third-order valence-electron chi connectivity index (χ3n) is 4.38. The number of hydrogen-bond donors (Lipinski definition) is 3. The van der Waals surface area contributed by atoms with Crippen molar-refractivity contribution in [2.75, 3.05) is 19.5 Å². The highest BCUT2D eigenvalue weighted by atomic mass is 16.5. The number of fused-ring (bicyclic) bond motifs is 1. The van der Waals surface area contributed by atoms with Crippen molar-refractivity contribution in [2.24, 2.45) is 0 Å². The maximum absolute atomic E-state index is 12.4. The fraction of sp³-hybridized carbons (Fsp3) is 0.250. The minimum absolute atomic E-state index is 0.168. The molecule has 8 heteroatoms. The molecule has 1 atom stereocenters. The van der Waals surface area contributed by atoms with Crippen LogP contribution in [0, 0.1) is 0 Å². The zero-order valence-electron chi connectivity index (χ0n) is 15.6. The average molecular weight is 383 g/mol. The van der Waals surface area contributed by atoms with Crippen LogP contribution < -0.4 is 25.4 Å². The van der Waals surface area contributed by atoms with Crippen LogP contribution in [0.3, 0.4) is 0 Å². The van der Waals surface area contributed by atoms with E-state index in [0.717, 1.165) is 5.56 Å². The van der Waals surface area contributed by atoms with Gasteiger partial charge in [-0.1, -0.05) is 18.2 Å². The Bertz CT molecular complexity index is 912. The predicted molar refractivity (Wildman–Crippen MR) is 102 cm³/mol. The number of carbonyl (C=O) groups is 3. The minimum atomic E-state index is -0.953. The molecule has 146 valence electrons. The lowest BCUT2D eigenvalue weighted by atomic mass is 10.1. The Morgan fingerprint density at radius 3 is 2.57 bits per heavy atom. The van der Waals surface area contributed by atoms with Crippen molar-refractivity contribution in [1.29, 1.82) is 0 Å². The molecule has 0 fully saturated rings. The first kappa shape index (κ1) is 19.2. The molecule has 2 aromatic carbocycles. The van der Waals surface area contributed by atoms with Gasteiger partial charge in [0.25, 0.3) is 5.91 Å². The molecule has 2 aromatic rings. The number of ether oxygens (including phenoxy) is 2. The topological polar surface area (TPSA) is 106 Å². The van der Waals surface area contributed by atoms with Crippen LogP contribution in [0.25, 0.3) is 0 Å². The summed E-state index contributed by atoms with van der Waals surface area (Å²) in [6.45, 7) is 0.252. The summed E-state index contributed by atoms with van der Waals surface area (Å²) in [5.41, 5.74) is 1.61. The summed E-state index contributed by atoms with van der Waals surface area (Å²) >= 11 is 0. The summed E-state index contributed by atoms with van der Waals surface area (Å²) in [4.78, 5) is 36.9. The van der Waals surface area contributed by atoms with Crippen molar-refractivity contribution >= 4 is 23.4 Å². The molecule has 3 amide bonds. The second kappa shape index (κ2) is 8.43. The summed E-state index contributed by atoms with van der Waals surface area (Å²) in [7, 11) is 3.08. The third kappa shape index (κ3) is 4.22. The van der Waals surface area contributed by atoms with Crippen molar-refractivity contribution in [2.45, 2.75) is 19.0 Å². The zero-order valence-corrected chi connectivity index (χ0v) is 15.6. The molecule has 3 N–H and O–H groups in total. The maximum Gasteiger partial charge on any atom is 0.254 e. The molecule has 3 rings (SSSR count). The van der Waals surface area contributed by atoms with Gasteiger partial charge in [0.15, 0.2) is 11.5 Å². The number of methoxy groups -OCH3 is 2. The van der Waals surface area contributed by atoms with Crippen LogP contribution >= 0.6 is 0 Å². The Morgan fingerprint density at radius 2 is 1.82 bits per heavy atom. The fourth-order valence-electron chi connectivity index (χ4n) is 2.90. The number of anilines is 1. The molecular formula is C20H21N3O5. The van der Waals surface area contributed by atoms with Crippen LogP contribution in [0.2, 0.25) is 0 Å². The Morgan fingerprint density at radius 1 is 1.07 bits per heavy atom. The lowest BCUT2D eigenvalue weighted by molar-refractivity contribution is -0.125. The largest absolute Gasteiger partial charge is 0.493 e. The summed E-state index contributed by atoms with van der Waals surface area (Å²) in [6, 6.07) is 11.1. The Kier molecular flexibility index (Phi) is 5.78. The molecule has 0 saturated carbocycles. The van der Waals surface area contributed by atoms with Gasteiger partial charge in [-0.2, -0.15) is 0 Å². The summed E-state index contributed by atoms with van der Waals surface area (Å²) in [5, 5.41) is 8.02. The van der Waals surface area contributed by atoms with Gasteiger partial charge in [0, 0.05) is 6.54 Å². The van der Waals surface area contributed by atoms with Gasteiger partial charge in [-0.25, -0.2) is 0 Å². The van der Waals surface area contributed by atoms with Crippen molar-refractivity contribution in [3.8, 4) is 11.5 Å². The second-order valence-electron chi connectivity index (χ2n) is 6.23. The quantitative estimate of drug-likeness (QED) is 0.700. The first-order valence-electron chi connectivity index (χ1n) is 8.70. The first-order chi connectivity index (χ1) is 13.5. The SMILES string of the molecule is COc1ccc(CNC(=O)C[C@H]2NC(=O)c3ccccc3NC2=O)cc1OC. The number of hydrogen-bond acceptors (Lipinski definition) is 5. The van der Waals surface area contributed by atoms with Gasteiger partial charge in [-0.05, 0) is 29.8 Å². The van der Waals surface area contributed by atoms with E-state index in [1.807, 2.05) is 0 Å². The highest BCUT2D eigenvalue weighted by molar-refractivity contribution is 6.10. The second-order valence-corrected chi connectivity index (χ2v) is 6.23. The molecule has 28 heavy (non-hydrogen) atoms. The Balaban J connectivity index is 1.61. The third-order valence-corrected chi connectivity index (χ3v) is 4.38. The fourth-order valence-corrected chi connectivity index (χ4v) is 2.90. The van der Waals surface area contributed by atoms with E-state index in [9.17, 15) is 14.4 Å². The van der Waals surface area contributed by atoms with Crippen molar-refractivity contribution < 1.29 is 23.9 Å². The van der Waals surface area contributed by atoms with E-state index in [2.05, 4.69) is 16.0 Å². The van der Waals surface area contributed by atoms with Gasteiger partial charge >= 0.3 is 0 Å². The number of para-hydroxylation sites is 1. The van der Waals surface area contributed by atoms with Gasteiger partial charge in [-0.15, -0.1) is 0 Å². The van der Waals surface area contributed by atoms with Gasteiger partial charge in [-0.3, -0.25) is 14.4 Å². The van der Waals surface area contributed by atoms with Crippen molar-refractivity contribution in [3.63, 3.8) is 0 Å². The molecule has 1 aliphatic rings. The van der Waals surface area contributed by atoms with Crippen LogP contribution in [0.4, 0.5) is 5.69 Å². The summed E-state index contributed by atoms with van der Waals surface area (Å²) in [6.07, 6.45) is -0.168. The first-order valence-corrected chi connectivity index (χ1v) is 8.70. The molecule has 0 spiro atoms. The summed E-state index contributed by atoms with van der Waals surface area (Å²) in [5.74, 6) is -0.0372. The molecule has 0 unspecified atom stereocenters. The average Bonchev–Trinajstić information content (AvgIpc) is 2.82. The number of nitrogens with one attached hydrogen (secondary N) is 3. The van der Waals surface area contributed by atoms with E-state index >= 15 is 0 Å². The zero-order chi connectivity index (χ0) is 20.1. The molecule has 1 aliphatic heterocycles. The monoisotopic (exact) mass is 383 g/mol. The summed E-state index contributed by atoms with van der Waals surface area (Å²) < 4.78 is 10.4. The van der Waals surface area contributed by atoms with Crippen LogP contribution in [-0.4, -0.2) is 38.0 Å². The smallest absolute Gasteiger partial charge is 0.254 e. The number of carbonyl (C=O) groups excluding carboxylic acids is 3. The van der Waals surface area contributed by atoms with Gasteiger partial charge in [0.1, 0.15) is 6.04 Å². The number of benzene rings is 2. The Hall–Kier alpha value is -3.55. The molecule has 0 aliphatic carbocycles. The van der Waals surface area contributed by atoms with E-state index in [0.29, 0.717) is 22.7 Å². The van der Waals surface area contributed by atoms with Crippen molar-refractivity contribution in [3.05, 3.63) is 53.6 Å². The molecule has 0 radical (unpaired) electrons. The lowest BCUT2D eigenvalue weighted by Crippen LogP contribution is -2.44. The molecular weight excluding hydrogens is 362 g/mol. The number of rotatable bonds is 6. The van der Waals surface area contributed by atoms with E-state index in [-0.39, 0.29) is 18.9 Å². The predicted octanol–water partition coefficient (Wildman–Crippen LogP) is 1.46.